The predicted octanol–water partition coefficient (Wildman–Crippen LogP) is 4.63. The molecule has 1 nitrogen and oxygen atoms in total. The standard InChI is InChI=1S/C11H5F9O/c12-9(13,14)6-3-1-2-5(4-6)7(21)8(10(15,16)17)11(18,19)20/h1-4,8H. The first-order valence-corrected chi connectivity index (χ1v) is 5.09. The molecule has 0 amide bonds. The molecular weight excluding hydrogens is 319 g/mol. The molecule has 21 heavy (non-hydrogen) atoms. The molecule has 118 valence electrons. The van der Waals surface area contributed by atoms with Crippen molar-refractivity contribution in [2.75, 3.05) is 0 Å². The molecule has 0 heterocycles. The van der Waals surface area contributed by atoms with Crippen molar-refractivity contribution in [1.29, 1.82) is 0 Å². The van der Waals surface area contributed by atoms with Gasteiger partial charge in [0.15, 0.2) is 5.78 Å². The van der Waals surface area contributed by atoms with Gasteiger partial charge in [0, 0.05) is 5.56 Å². The third-order valence-electron chi connectivity index (χ3n) is 2.39. The molecule has 0 N–H and O–H groups in total. The minimum absolute atomic E-state index is 0.0488. The van der Waals surface area contributed by atoms with E-state index in [9.17, 15) is 44.3 Å². The normalized spacial score (nSPS) is 13.6. The fraction of sp³-hybridized carbons (Fsp3) is 0.364. The molecule has 1 aromatic rings. The summed E-state index contributed by atoms with van der Waals surface area (Å²) in [6.45, 7) is 0. The summed E-state index contributed by atoms with van der Waals surface area (Å²) < 4.78 is 111. The van der Waals surface area contributed by atoms with Gasteiger partial charge in [0.1, 0.15) is 0 Å². The molecule has 0 radical (unpaired) electrons. The highest BCUT2D eigenvalue weighted by atomic mass is 19.4. The van der Waals surface area contributed by atoms with Crippen LogP contribution >= 0.6 is 0 Å². The summed E-state index contributed by atoms with van der Waals surface area (Å²) in [5.41, 5.74) is -2.83. The van der Waals surface area contributed by atoms with E-state index in [2.05, 4.69) is 0 Å². The third-order valence-corrected chi connectivity index (χ3v) is 2.39. The van der Waals surface area contributed by atoms with Crippen LogP contribution in [0.15, 0.2) is 24.3 Å². The van der Waals surface area contributed by atoms with Crippen LogP contribution in [0.1, 0.15) is 15.9 Å². The summed E-state index contributed by atoms with van der Waals surface area (Å²) in [7, 11) is 0. The van der Waals surface area contributed by atoms with Gasteiger partial charge in [-0.3, -0.25) is 4.79 Å². The van der Waals surface area contributed by atoms with Crippen molar-refractivity contribution in [3.8, 4) is 0 Å². The molecule has 0 unspecified atom stereocenters. The number of Topliss-reactive ketones (excluding diaryl/α,β-unsaturated/α-hetero) is 1. The van der Waals surface area contributed by atoms with Crippen molar-refractivity contribution >= 4 is 5.78 Å². The second-order valence-electron chi connectivity index (χ2n) is 3.96. The van der Waals surface area contributed by atoms with E-state index in [1.54, 1.807) is 0 Å². The van der Waals surface area contributed by atoms with Crippen LogP contribution in [0.2, 0.25) is 0 Å². The van der Waals surface area contributed by atoms with E-state index in [4.69, 9.17) is 0 Å². The number of carbonyl (C=O) groups is 1. The Kier molecular flexibility index (Phi) is 4.31. The molecule has 1 aromatic carbocycles. The van der Waals surface area contributed by atoms with Gasteiger partial charge in [0.25, 0.3) is 0 Å². The summed E-state index contributed by atoms with van der Waals surface area (Å²) in [6, 6.07) is 1.39. The molecule has 0 bridgehead atoms. The largest absolute Gasteiger partial charge is 0.416 e. The van der Waals surface area contributed by atoms with Crippen molar-refractivity contribution < 1.29 is 44.3 Å². The zero-order chi connectivity index (χ0) is 16.6. The molecule has 0 aliphatic carbocycles. The molecule has 0 aliphatic heterocycles. The first kappa shape index (κ1) is 17.3. The highest BCUT2D eigenvalue weighted by Gasteiger charge is 2.60. The Bertz CT molecular complexity index is 510. The minimum Gasteiger partial charge on any atom is -0.293 e. The van der Waals surface area contributed by atoms with Crippen LogP contribution in [-0.2, 0) is 6.18 Å². The highest BCUT2D eigenvalue weighted by molar-refractivity contribution is 5.99. The van der Waals surface area contributed by atoms with Crippen LogP contribution in [0.4, 0.5) is 39.5 Å². The van der Waals surface area contributed by atoms with E-state index in [1.807, 2.05) is 0 Å². The molecule has 0 spiro atoms. The Labute approximate surface area is 111 Å². The summed E-state index contributed by atoms with van der Waals surface area (Å²) in [6.07, 6.45) is -16.9. The molecular formula is C11H5F9O. The van der Waals surface area contributed by atoms with Crippen molar-refractivity contribution in [2.24, 2.45) is 5.92 Å². The Morgan fingerprint density at radius 2 is 1.33 bits per heavy atom. The Hall–Kier alpha value is -1.74. The van der Waals surface area contributed by atoms with Gasteiger partial charge in [0.05, 0.1) is 5.56 Å². The summed E-state index contributed by atoms with van der Waals surface area (Å²) in [4.78, 5) is 11.3. The summed E-state index contributed by atoms with van der Waals surface area (Å²) in [5.74, 6) is -6.85. The highest BCUT2D eigenvalue weighted by Crippen LogP contribution is 2.41. The lowest BCUT2D eigenvalue weighted by molar-refractivity contribution is -0.264. The zero-order valence-corrected chi connectivity index (χ0v) is 9.70. The second kappa shape index (κ2) is 5.23. The quantitative estimate of drug-likeness (QED) is 0.573. The fourth-order valence-corrected chi connectivity index (χ4v) is 1.50. The molecule has 0 aromatic heterocycles. The number of benzene rings is 1. The van der Waals surface area contributed by atoms with E-state index in [0.29, 0.717) is 18.2 Å². The van der Waals surface area contributed by atoms with Gasteiger partial charge < -0.3 is 0 Å². The third kappa shape index (κ3) is 4.11. The van der Waals surface area contributed by atoms with Crippen LogP contribution < -0.4 is 0 Å². The smallest absolute Gasteiger partial charge is 0.293 e. The molecule has 0 saturated carbocycles. The van der Waals surface area contributed by atoms with E-state index in [0.717, 1.165) is 0 Å². The number of alkyl halides is 9. The topological polar surface area (TPSA) is 17.1 Å². The average molecular weight is 324 g/mol. The maximum absolute atomic E-state index is 12.3. The second-order valence-corrected chi connectivity index (χ2v) is 3.96. The maximum atomic E-state index is 12.3. The van der Waals surface area contributed by atoms with Crippen molar-refractivity contribution in [2.45, 2.75) is 18.5 Å². The van der Waals surface area contributed by atoms with Crippen LogP contribution in [0.25, 0.3) is 0 Å². The van der Waals surface area contributed by atoms with Crippen LogP contribution in [0.5, 0.6) is 0 Å². The van der Waals surface area contributed by atoms with E-state index < -0.39 is 41.4 Å². The van der Waals surface area contributed by atoms with Gasteiger partial charge in [-0.15, -0.1) is 0 Å². The van der Waals surface area contributed by atoms with Gasteiger partial charge in [-0.05, 0) is 12.1 Å². The minimum atomic E-state index is -5.95. The van der Waals surface area contributed by atoms with Gasteiger partial charge in [-0.2, -0.15) is 39.5 Å². The molecule has 0 fully saturated rings. The van der Waals surface area contributed by atoms with Crippen molar-refractivity contribution in [1.82, 2.24) is 0 Å². The van der Waals surface area contributed by atoms with E-state index >= 15 is 0 Å². The number of hydrogen-bond donors (Lipinski definition) is 0. The van der Waals surface area contributed by atoms with Gasteiger partial charge >= 0.3 is 18.5 Å². The Morgan fingerprint density at radius 3 is 1.71 bits per heavy atom. The van der Waals surface area contributed by atoms with Crippen LogP contribution in [0.3, 0.4) is 0 Å². The number of halogens is 9. The average Bonchev–Trinajstić information content (AvgIpc) is 2.24. The van der Waals surface area contributed by atoms with Crippen molar-refractivity contribution in [3.63, 3.8) is 0 Å². The number of ketones is 1. The SMILES string of the molecule is O=C(c1cccc(C(F)(F)F)c1)C(C(F)(F)F)C(F)(F)F. The van der Waals surface area contributed by atoms with E-state index in [1.165, 1.54) is 0 Å². The van der Waals surface area contributed by atoms with Gasteiger partial charge in [0.2, 0.25) is 5.92 Å². The lowest BCUT2D eigenvalue weighted by atomic mass is 9.95. The number of hydrogen-bond acceptors (Lipinski definition) is 1. The Balaban J connectivity index is 3.29. The summed E-state index contributed by atoms with van der Waals surface area (Å²) in [5, 5.41) is 0. The molecule has 0 saturated heterocycles. The lowest BCUT2D eigenvalue weighted by Crippen LogP contribution is -2.42. The summed E-state index contributed by atoms with van der Waals surface area (Å²) >= 11 is 0. The molecule has 1 rings (SSSR count). The molecule has 0 aliphatic rings. The number of carbonyl (C=O) groups excluding carboxylic acids is 1. The Morgan fingerprint density at radius 1 is 0.857 bits per heavy atom. The van der Waals surface area contributed by atoms with Gasteiger partial charge in [-0.25, -0.2) is 0 Å². The molecule has 10 heteroatoms. The first-order valence-electron chi connectivity index (χ1n) is 5.09. The lowest BCUT2D eigenvalue weighted by Gasteiger charge is -2.22. The predicted molar refractivity (Wildman–Crippen MR) is 51.4 cm³/mol. The molecule has 0 atom stereocenters. The van der Waals surface area contributed by atoms with Crippen LogP contribution in [0, 0.1) is 5.92 Å². The van der Waals surface area contributed by atoms with Crippen LogP contribution in [-0.4, -0.2) is 18.1 Å². The van der Waals surface area contributed by atoms with E-state index in [-0.39, 0.29) is 6.07 Å². The maximum Gasteiger partial charge on any atom is 0.416 e. The van der Waals surface area contributed by atoms with Crippen molar-refractivity contribution in [3.05, 3.63) is 35.4 Å². The zero-order valence-electron chi connectivity index (χ0n) is 9.70. The fourth-order valence-electron chi connectivity index (χ4n) is 1.50. The monoisotopic (exact) mass is 324 g/mol. The number of rotatable bonds is 2. The first-order chi connectivity index (χ1) is 9.24. The van der Waals surface area contributed by atoms with Gasteiger partial charge in [-0.1, -0.05) is 12.1 Å².